The van der Waals surface area contributed by atoms with Gasteiger partial charge in [0.1, 0.15) is 6.33 Å². The first-order chi connectivity index (χ1) is 14.5. The molecule has 11 heteroatoms. The lowest BCUT2D eigenvalue weighted by Gasteiger charge is -2.31. The van der Waals surface area contributed by atoms with Crippen molar-refractivity contribution in [2.24, 2.45) is 5.92 Å². The van der Waals surface area contributed by atoms with E-state index in [1.165, 1.54) is 6.33 Å². The zero-order valence-corrected chi connectivity index (χ0v) is 16.4. The summed E-state index contributed by atoms with van der Waals surface area (Å²) in [6.45, 7) is 2.90. The van der Waals surface area contributed by atoms with E-state index in [9.17, 15) is 19.7 Å². The Morgan fingerprint density at radius 1 is 1.23 bits per heavy atom. The van der Waals surface area contributed by atoms with Crippen molar-refractivity contribution in [1.29, 1.82) is 0 Å². The maximum Gasteiger partial charge on any atom is 0.355 e. The lowest BCUT2D eigenvalue weighted by molar-refractivity contribution is -0.383. The molecule has 0 aliphatic carbocycles. The van der Waals surface area contributed by atoms with E-state index in [2.05, 4.69) is 20.8 Å². The van der Waals surface area contributed by atoms with Crippen molar-refractivity contribution in [2.45, 2.75) is 19.8 Å². The number of hydrogen-bond acceptors (Lipinski definition) is 9. The van der Waals surface area contributed by atoms with Crippen LogP contribution in [0.25, 0.3) is 0 Å². The normalized spacial score (nSPS) is 14.1. The number of carbonyl (C=O) groups is 2. The summed E-state index contributed by atoms with van der Waals surface area (Å²) in [5, 5.41) is 11.7. The molecule has 11 nitrogen and oxygen atoms in total. The topological polar surface area (TPSA) is 140 Å². The van der Waals surface area contributed by atoms with Crippen molar-refractivity contribution in [3.8, 4) is 0 Å². The summed E-state index contributed by atoms with van der Waals surface area (Å²) in [7, 11) is 0. The predicted octanol–water partition coefficient (Wildman–Crippen LogP) is 1.92. The smallest absolute Gasteiger partial charge is 0.355 e. The second kappa shape index (κ2) is 9.63. The molecule has 0 atom stereocenters. The van der Waals surface area contributed by atoms with Crippen molar-refractivity contribution in [3.63, 3.8) is 0 Å². The predicted molar refractivity (Wildman–Crippen MR) is 108 cm³/mol. The van der Waals surface area contributed by atoms with Gasteiger partial charge >= 0.3 is 11.7 Å². The minimum atomic E-state index is -0.593. The van der Waals surface area contributed by atoms with Crippen LogP contribution in [0.3, 0.4) is 0 Å². The molecule has 1 aliphatic heterocycles. The summed E-state index contributed by atoms with van der Waals surface area (Å²) in [4.78, 5) is 45.0. The fourth-order valence-electron chi connectivity index (χ4n) is 3.23. The Bertz CT molecular complexity index is 915. The summed E-state index contributed by atoms with van der Waals surface area (Å²) in [5.74, 6) is -0.930. The number of carbonyl (C=O) groups excluding carboxylic acids is 2. The largest absolute Gasteiger partial charge is 0.466 e. The molecular formula is C19H22N6O5. The highest BCUT2D eigenvalue weighted by Crippen LogP contribution is 2.33. The highest BCUT2D eigenvalue weighted by atomic mass is 16.6. The SMILES string of the molecule is CCOC(=O)C1CCN(c2ncnc(NNC(=O)c3ccccc3)c2[N+](=O)[O-])CC1. The van der Waals surface area contributed by atoms with Crippen molar-refractivity contribution < 1.29 is 19.2 Å². The van der Waals surface area contributed by atoms with Crippen LogP contribution in [0.5, 0.6) is 0 Å². The molecule has 1 saturated heterocycles. The third-order valence-corrected chi connectivity index (χ3v) is 4.73. The first-order valence-corrected chi connectivity index (χ1v) is 9.53. The highest BCUT2D eigenvalue weighted by molar-refractivity contribution is 5.95. The lowest BCUT2D eigenvalue weighted by Crippen LogP contribution is -2.38. The second-order valence-corrected chi connectivity index (χ2v) is 6.61. The Hall–Kier alpha value is -3.76. The molecule has 30 heavy (non-hydrogen) atoms. The molecule has 3 rings (SSSR count). The Kier molecular flexibility index (Phi) is 6.73. The van der Waals surface area contributed by atoms with Crippen molar-refractivity contribution in [3.05, 3.63) is 52.3 Å². The number of anilines is 2. The average Bonchev–Trinajstić information content (AvgIpc) is 2.78. The van der Waals surface area contributed by atoms with E-state index in [0.29, 0.717) is 38.1 Å². The Labute approximate surface area is 172 Å². The molecule has 0 unspecified atom stereocenters. The van der Waals surface area contributed by atoms with Gasteiger partial charge in [0.25, 0.3) is 5.91 Å². The molecule has 1 fully saturated rings. The van der Waals surface area contributed by atoms with Gasteiger partial charge in [0.2, 0.25) is 11.6 Å². The molecule has 2 N–H and O–H groups in total. The van der Waals surface area contributed by atoms with Gasteiger partial charge in [0.05, 0.1) is 17.4 Å². The molecule has 1 aliphatic rings. The Morgan fingerprint density at radius 2 is 1.93 bits per heavy atom. The third kappa shape index (κ3) is 4.80. The van der Waals surface area contributed by atoms with E-state index in [0.717, 1.165) is 0 Å². The summed E-state index contributed by atoms with van der Waals surface area (Å²) < 4.78 is 5.05. The number of hydrogen-bond donors (Lipinski definition) is 2. The number of aromatic nitrogens is 2. The molecule has 0 radical (unpaired) electrons. The van der Waals surface area contributed by atoms with Gasteiger partial charge in [-0.05, 0) is 31.9 Å². The maximum absolute atomic E-state index is 12.2. The van der Waals surface area contributed by atoms with Gasteiger partial charge in [-0.25, -0.2) is 9.97 Å². The van der Waals surface area contributed by atoms with E-state index in [4.69, 9.17) is 4.74 Å². The number of esters is 1. The van der Waals surface area contributed by atoms with E-state index in [1.807, 2.05) is 0 Å². The molecule has 1 aromatic heterocycles. The molecule has 0 spiro atoms. The lowest BCUT2D eigenvalue weighted by atomic mass is 9.97. The minimum absolute atomic E-state index is 0.123. The molecule has 0 bridgehead atoms. The summed E-state index contributed by atoms with van der Waals surface area (Å²) in [6.07, 6.45) is 2.21. The molecule has 2 aromatic rings. The number of nitrogens with zero attached hydrogens (tertiary/aromatic N) is 4. The molecule has 1 amide bonds. The number of nitro groups is 1. The van der Waals surface area contributed by atoms with Crippen molar-refractivity contribution in [2.75, 3.05) is 30.0 Å². The number of ether oxygens (including phenoxy) is 1. The zero-order chi connectivity index (χ0) is 21.5. The Balaban J connectivity index is 1.73. The standard InChI is InChI=1S/C19H22N6O5/c1-2-30-19(27)14-8-10-24(11-9-14)17-15(25(28)29)16(20-12-21-17)22-23-18(26)13-6-4-3-5-7-13/h3-7,12,14H,2,8-11H2,1H3,(H,23,26)(H,20,21,22). The van der Waals surface area contributed by atoms with Gasteiger partial charge in [-0.3, -0.25) is 30.6 Å². The van der Waals surface area contributed by atoms with E-state index < -0.39 is 10.8 Å². The fourth-order valence-corrected chi connectivity index (χ4v) is 3.23. The highest BCUT2D eigenvalue weighted by Gasteiger charge is 2.32. The molecule has 2 heterocycles. The van der Waals surface area contributed by atoms with E-state index >= 15 is 0 Å². The van der Waals surface area contributed by atoms with Gasteiger partial charge < -0.3 is 9.64 Å². The number of nitrogens with one attached hydrogen (secondary N) is 2. The second-order valence-electron chi connectivity index (χ2n) is 6.61. The number of rotatable bonds is 7. The monoisotopic (exact) mass is 414 g/mol. The summed E-state index contributed by atoms with van der Waals surface area (Å²) in [5.41, 5.74) is 4.98. The zero-order valence-electron chi connectivity index (χ0n) is 16.4. The maximum atomic E-state index is 12.2. The van der Waals surface area contributed by atoms with Crippen LogP contribution in [-0.4, -0.2) is 46.5 Å². The van der Waals surface area contributed by atoms with E-state index in [1.54, 1.807) is 42.2 Å². The number of hydrazine groups is 1. The number of piperidine rings is 1. The quantitative estimate of drug-likeness (QED) is 0.395. The minimum Gasteiger partial charge on any atom is -0.466 e. The van der Waals surface area contributed by atoms with Gasteiger partial charge in [-0.2, -0.15) is 0 Å². The third-order valence-electron chi connectivity index (χ3n) is 4.73. The number of benzene rings is 1. The van der Waals surface area contributed by atoms with Gasteiger partial charge in [-0.15, -0.1) is 0 Å². The van der Waals surface area contributed by atoms with Gasteiger partial charge in [-0.1, -0.05) is 18.2 Å². The first kappa shape index (κ1) is 21.0. The van der Waals surface area contributed by atoms with Gasteiger partial charge in [0.15, 0.2) is 0 Å². The summed E-state index contributed by atoms with van der Waals surface area (Å²) in [6, 6.07) is 8.42. The average molecular weight is 414 g/mol. The van der Waals surface area contributed by atoms with Crippen molar-refractivity contribution in [1.82, 2.24) is 15.4 Å². The van der Waals surface area contributed by atoms with Crippen LogP contribution in [0.4, 0.5) is 17.3 Å². The molecular weight excluding hydrogens is 392 g/mol. The van der Waals surface area contributed by atoms with Gasteiger partial charge in [0, 0.05) is 18.7 Å². The number of amides is 1. The van der Waals surface area contributed by atoms with Crippen LogP contribution in [0.1, 0.15) is 30.1 Å². The van der Waals surface area contributed by atoms with E-state index in [-0.39, 0.29) is 29.2 Å². The van der Waals surface area contributed by atoms with Crippen LogP contribution >= 0.6 is 0 Å². The summed E-state index contributed by atoms with van der Waals surface area (Å²) >= 11 is 0. The van der Waals surface area contributed by atoms with Crippen LogP contribution in [-0.2, 0) is 9.53 Å². The molecule has 1 aromatic carbocycles. The molecule has 0 saturated carbocycles. The van der Waals surface area contributed by atoms with Crippen LogP contribution in [0.15, 0.2) is 36.7 Å². The Morgan fingerprint density at radius 3 is 2.57 bits per heavy atom. The van der Waals surface area contributed by atoms with Crippen LogP contribution in [0.2, 0.25) is 0 Å². The molecule has 158 valence electrons. The van der Waals surface area contributed by atoms with Crippen LogP contribution < -0.4 is 15.8 Å². The fraction of sp³-hybridized carbons (Fsp3) is 0.368. The van der Waals surface area contributed by atoms with Crippen LogP contribution in [0, 0.1) is 16.0 Å². The first-order valence-electron chi connectivity index (χ1n) is 9.53. The van der Waals surface area contributed by atoms with Crippen molar-refractivity contribution >= 4 is 29.2 Å².